The molecule has 1 aromatic heterocycles. The highest BCUT2D eigenvalue weighted by Gasteiger charge is 2.17. The van der Waals surface area contributed by atoms with E-state index in [0.29, 0.717) is 22.9 Å². The summed E-state index contributed by atoms with van der Waals surface area (Å²) in [6.07, 6.45) is 3.69. The van der Waals surface area contributed by atoms with E-state index >= 15 is 0 Å². The Labute approximate surface area is 129 Å². The summed E-state index contributed by atoms with van der Waals surface area (Å²) >= 11 is 0. The van der Waals surface area contributed by atoms with Crippen LogP contribution in [-0.4, -0.2) is 31.8 Å². The van der Waals surface area contributed by atoms with Gasteiger partial charge in [0, 0.05) is 30.2 Å². The quantitative estimate of drug-likeness (QED) is 0.891. The van der Waals surface area contributed by atoms with E-state index in [4.69, 9.17) is 14.2 Å². The lowest BCUT2D eigenvalue weighted by Gasteiger charge is -2.17. The predicted molar refractivity (Wildman–Crippen MR) is 83.9 cm³/mol. The van der Waals surface area contributed by atoms with Gasteiger partial charge in [-0.3, -0.25) is 4.79 Å². The van der Waals surface area contributed by atoms with Crippen LogP contribution in [0.25, 0.3) is 0 Å². The lowest BCUT2D eigenvalue weighted by atomic mass is 10.2. The SMILES string of the molecule is COc1cc(NC(=O)C(C)n2cccc2)cc(OC)c1OC. The third-order valence-electron chi connectivity index (χ3n) is 3.39. The Hall–Kier alpha value is -2.63. The van der Waals surface area contributed by atoms with Crippen LogP contribution in [0.15, 0.2) is 36.7 Å². The Balaban J connectivity index is 2.24. The summed E-state index contributed by atoms with van der Waals surface area (Å²) in [5.41, 5.74) is 0.582. The third kappa shape index (κ3) is 3.16. The zero-order valence-electron chi connectivity index (χ0n) is 13.1. The summed E-state index contributed by atoms with van der Waals surface area (Å²) < 4.78 is 17.6. The molecule has 6 nitrogen and oxygen atoms in total. The fourth-order valence-electron chi connectivity index (χ4n) is 2.14. The maximum Gasteiger partial charge on any atom is 0.247 e. The summed E-state index contributed by atoms with van der Waals surface area (Å²) in [5, 5.41) is 2.86. The second-order valence-corrected chi connectivity index (χ2v) is 4.71. The molecule has 0 aliphatic rings. The highest BCUT2D eigenvalue weighted by molar-refractivity contribution is 5.94. The van der Waals surface area contributed by atoms with Crippen LogP contribution in [0, 0.1) is 0 Å². The molecule has 0 radical (unpaired) electrons. The molecule has 6 heteroatoms. The first kappa shape index (κ1) is 15.8. The van der Waals surface area contributed by atoms with Gasteiger partial charge in [0.1, 0.15) is 6.04 Å². The van der Waals surface area contributed by atoms with Crippen LogP contribution >= 0.6 is 0 Å². The summed E-state index contributed by atoms with van der Waals surface area (Å²) in [5.74, 6) is 1.34. The van der Waals surface area contributed by atoms with Crippen molar-refractivity contribution in [2.45, 2.75) is 13.0 Å². The number of amides is 1. The first-order valence-electron chi connectivity index (χ1n) is 6.84. The van der Waals surface area contributed by atoms with Gasteiger partial charge in [-0.05, 0) is 19.1 Å². The average Bonchev–Trinajstić information content (AvgIpc) is 3.07. The minimum Gasteiger partial charge on any atom is -0.493 e. The van der Waals surface area contributed by atoms with Crippen molar-refractivity contribution in [1.29, 1.82) is 0 Å². The van der Waals surface area contributed by atoms with E-state index < -0.39 is 0 Å². The lowest BCUT2D eigenvalue weighted by Crippen LogP contribution is -2.22. The number of carbonyl (C=O) groups excluding carboxylic acids is 1. The van der Waals surface area contributed by atoms with Crippen LogP contribution in [0.3, 0.4) is 0 Å². The summed E-state index contributed by atoms with van der Waals surface area (Å²) in [6, 6.07) is 6.82. The summed E-state index contributed by atoms with van der Waals surface area (Å²) in [7, 11) is 4.60. The number of benzene rings is 1. The fraction of sp³-hybridized carbons (Fsp3) is 0.312. The molecule has 0 fully saturated rings. The Morgan fingerprint density at radius 1 is 1.05 bits per heavy atom. The van der Waals surface area contributed by atoms with Crippen molar-refractivity contribution >= 4 is 11.6 Å². The zero-order valence-corrected chi connectivity index (χ0v) is 13.1. The average molecular weight is 304 g/mol. The standard InChI is InChI=1S/C16H20N2O4/c1-11(18-7-5-6-8-18)16(19)17-12-9-13(20-2)15(22-4)14(10-12)21-3/h5-11H,1-4H3,(H,17,19). The van der Waals surface area contributed by atoms with Gasteiger partial charge in [-0.2, -0.15) is 0 Å². The molecule has 1 atom stereocenters. The second kappa shape index (κ2) is 6.89. The molecule has 0 spiro atoms. The van der Waals surface area contributed by atoms with Gasteiger partial charge >= 0.3 is 0 Å². The van der Waals surface area contributed by atoms with Crippen molar-refractivity contribution in [2.75, 3.05) is 26.6 Å². The molecular formula is C16H20N2O4. The maximum atomic E-state index is 12.3. The molecule has 1 heterocycles. The smallest absolute Gasteiger partial charge is 0.247 e. The molecule has 0 saturated heterocycles. The van der Waals surface area contributed by atoms with Crippen LogP contribution in [0.5, 0.6) is 17.2 Å². The molecule has 1 unspecified atom stereocenters. The van der Waals surface area contributed by atoms with Gasteiger partial charge in [-0.15, -0.1) is 0 Å². The number of hydrogen-bond donors (Lipinski definition) is 1. The number of methoxy groups -OCH3 is 3. The van der Waals surface area contributed by atoms with Crippen molar-refractivity contribution in [3.8, 4) is 17.2 Å². The Morgan fingerprint density at radius 3 is 2.05 bits per heavy atom. The van der Waals surface area contributed by atoms with Crippen molar-refractivity contribution in [2.24, 2.45) is 0 Å². The normalized spacial score (nSPS) is 11.6. The van der Waals surface area contributed by atoms with Crippen LogP contribution in [0.2, 0.25) is 0 Å². The van der Waals surface area contributed by atoms with E-state index in [1.807, 2.05) is 36.0 Å². The van der Waals surface area contributed by atoms with Crippen LogP contribution in [-0.2, 0) is 4.79 Å². The molecular weight excluding hydrogens is 284 g/mol. The molecule has 2 aromatic rings. The number of rotatable bonds is 6. The third-order valence-corrected chi connectivity index (χ3v) is 3.39. The molecule has 0 bridgehead atoms. The number of nitrogens with zero attached hydrogens (tertiary/aromatic N) is 1. The van der Waals surface area contributed by atoms with Crippen molar-refractivity contribution in [3.63, 3.8) is 0 Å². The second-order valence-electron chi connectivity index (χ2n) is 4.71. The first-order chi connectivity index (χ1) is 10.6. The number of anilines is 1. The van der Waals surface area contributed by atoms with Gasteiger partial charge in [0.25, 0.3) is 0 Å². The number of hydrogen-bond acceptors (Lipinski definition) is 4. The molecule has 1 amide bonds. The topological polar surface area (TPSA) is 61.7 Å². The fourth-order valence-corrected chi connectivity index (χ4v) is 2.14. The van der Waals surface area contributed by atoms with E-state index in [-0.39, 0.29) is 11.9 Å². The minimum atomic E-state index is -0.325. The van der Waals surface area contributed by atoms with Gasteiger partial charge in [0.15, 0.2) is 11.5 Å². The molecule has 1 aromatic carbocycles. The van der Waals surface area contributed by atoms with E-state index in [1.165, 1.54) is 21.3 Å². The predicted octanol–water partition coefficient (Wildman–Crippen LogP) is 2.71. The Kier molecular flexibility index (Phi) is 4.93. The molecule has 1 N–H and O–H groups in total. The maximum absolute atomic E-state index is 12.3. The van der Waals surface area contributed by atoms with Crippen LogP contribution in [0.1, 0.15) is 13.0 Å². The monoisotopic (exact) mass is 304 g/mol. The lowest BCUT2D eigenvalue weighted by molar-refractivity contribution is -0.118. The van der Waals surface area contributed by atoms with Crippen LogP contribution < -0.4 is 19.5 Å². The minimum absolute atomic E-state index is 0.134. The summed E-state index contributed by atoms with van der Waals surface area (Å²) in [6.45, 7) is 1.83. The zero-order chi connectivity index (χ0) is 16.1. The van der Waals surface area contributed by atoms with Gasteiger partial charge in [-0.1, -0.05) is 0 Å². The molecule has 0 aliphatic heterocycles. The van der Waals surface area contributed by atoms with Crippen molar-refractivity contribution in [1.82, 2.24) is 4.57 Å². The molecule has 118 valence electrons. The molecule has 2 rings (SSSR count). The largest absolute Gasteiger partial charge is 0.493 e. The van der Waals surface area contributed by atoms with Gasteiger partial charge in [0.2, 0.25) is 11.7 Å². The van der Waals surface area contributed by atoms with E-state index in [0.717, 1.165) is 0 Å². The van der Waals surface area contributed by atoms with E-state index in [1.54, 1.807) is 12.1 Å². The number of nitrogens with one attached hydrogen (secondary N) is 1. The van der Waals surface area contributed by atoms with Crippen molar-refractivity contribution < 1.29 is 19.0 Å². The highest BCUT2D eigenvalue weighted by Crippen LogP contribution is 2.40. The molecule has 0 aliphatic carbocycles. The van der Waals surface area contributed by atoms with Crippen LogP contribution in [0.4, 0.5) is 5.69 Å². The number of ether oxygens (including phenoxy) is 3. The van der Waals surface area contributed by atoms with E-state index in [9.17, 15) is 4.79 Å². The first-order valence-corrected chi connectivity index (χ1v) is 6.84. The number of carbonyl (C=O) groups is 1. The molecule has 22 heavy (non-hydrogen) atoms. The number of aromatic nitrogens is 1. The summed E-state index contributed by atoms with van der Waals surface area (Å²) in [4.78, 5) is 12.3. The van der Waals surface area contributed by atoms with Gasteiger partial charge < -0.3 is 24.1 Å². The molecule has 0 saturated carbocycles. The van der Waals surface area contributed by atoms with E-state index in [2.05, 4.69) is 5.32 Å². The van der Waals surface area contributed by atoms with Crippen molar-refractivity contribution in [3.05, 3.63) is 36.7 Å². The Morgan fingerprint density at radius 2 is 1.59 bits per heavy atom. The van der Waals surface area contributed by atoms with Gasteiger partial charge in [-0.25, -0.2) is 0 Å². The Bertz CT molecular complexity index is 613. The van der Waals surface area contributed by atoms with Gasteiger partial charge in [0.05, 0.1) is 21.3 Å². The highest BCUT2D eigenvalue weighted by atomic mass is 16.5.